The van der Waals surface area contributed by atoms with Crippen LogP contribution >= 0.6 is 11.3 Å². The van der Waals surface area contributed by atoms with Crippen molar-refractivity contribution >= 4 is 23.3 Å². The number of likely N-dealkylation sites (tertiary alicyclic amines) is 1. The zero-order valence-electron chi connectivity index (χ0n) is 14.5. The predicted octanol–water partition coefficient (Wildman–Crippen LogP) is 1.35. The van der Waals surface area contributed by atoms with E-state index in [2.05, 4.69) is 34.5 Å². The maximum Gasteiger partial charge on any atom is 0.314 e. The zero-order valence-corrected chi connectivity index (χ0v) is 15.4. The predicted molar refractivity (Wildman–Crippen MR) is 98.5 cm³/mol. The molecule has 8 heteroatoms. The largest absolute Gasteiger partial charge is 0.357 e. The first-order valence-corrected chi connectivity index (χ1v) is 9.46. The minimum Gasteiger partial charge on any atom is -0.357 e. The molecule has 1 aliphatic rings. The van der Waals surface area contributed by atoms with Crippen LogP contribution in [0, 0.1) is 0 Å². The van der Waals surface area contributed by atoms with E-state index in [9.17, 15) is 4.79 Å². The summed E-state index contributed by atoms with van der Waals surface area (Å²) in [6.45, 7) is 7.14. The van der Waals surface area contributed by atoms with Crippen LogP contribution in [0.5, 0.6) is 0 Å². The minimum atomic E-state index is -0.330. The summed E-state index contributed by atoms with van der Waals surface area (Å²) in [5.74, 6) is 0.835. The second-order valence-electron chi connectivity index (χ2n) is 5.83. The number of aryl methyl sites for hydroxylation is 1. The number of nitrogens with one attached hydrogen (secondary N) is 2. The fraction of sp³-hybridized carbons (Fsp3) is 0.688. The number of carbonyl (C=O) groups is 1. The van der Waals surface area contributed by atoms with E-state index < -0.39 is 0 Å². The van der Waals surface area contributed by atoms with Crippen LogP contribution in [0.4, 0.5) is 4.79 Å². The first-order valence-electron chi connectivity index (χ1n) is 8.65. The molecule has 0 bridgehead atoms. The summed E-state index contributed by atoms with van der Waals surface area (Å²) < 4.78 is 0. The van der Waals surface area contributed by atoms with Crippen LogP contribution in [-0.2, 0) is 12.8 Å². The molecule has 1 fully saturated rings. The van der Waals surface area contributed by atoms with Crippen molar-refractivity contribution in [1.29, 1.82) is 0 Å². The van der Waals surface area contributed by atoms with Crippen molar-refractivity contribution in [3.63, 3.8) is 0 Å². The molecule has 0 spiro atoms. The molecule has 0 radical (unpaired) electrons. The first-order chi connectivity index (χ1) is 11.6. The number of amides is 2. The number of carbonyl (C=O) groups excluding carboxylic acids is 1. The Bertz CT molecular complexity index is 551. The third-order valence-corrected chi connectivity index (χ3v) is 5.24. The average molecular weight is 353 g/mol. The molecule has 7 nitrogen and oxygen atoms in total. The van der Waals surface area contributed by atoms with E-state index in [0.717, 1.165) is 43.2 Å². The van der Waals surface area contributed by atoms with E-state index in [-0.39, 0.29) is 6.03 Å². The molecule has 0 saturated carbocycles. The Morgan fingerprint density at radius 3 is 2.79 bits per heavy atom. The SMILES string of the molecule is CCNC(=NCCc1ncc(CC)s1)NC1CCN(C(N)=O)CC1. The fourth-order valence-corrected chi connectivity index (χ4v) is 3.50. The highest BCUT2D eigenvalue weighted by Gasteiger charge is 2.21. The van der Waals surface area contributed by atoms with Crippen molar-refractivity contribution in [2.45, 2.75) is 45.6 Å². The van der Waals surface area contributed by atoms with Gasteiger partial charge < -0.3 is 21.3 Å². The number of nitrogens with two attached hydrogens (primary N) is 1. The summed E-state index contributed by atoms with van der Waals surface area (Å²) >= 11 is 1.77. The van der Waals surface area contributed by atoms with Gasteiger partial charge in [-0.05, 0) is 26.2 Å². The molecule has 1 aromatic rings. The molecule has 24 heavy (non-hydrogen) atoms. The van der Waals surface area contributed by atoms with Crippen LogP contribution in [0.25, 0.3) is 0 Å². The van der Waals surface area contributed by atoms with Gasteiger partial charge in [0.15, 0.2) is 5.96 Å². The lowest BCUT2D eigenvalue weighted by Gasteiger charge is -2.32. The van der Waals surface area contributed by atoms with Crippen molar-refractivity contribution in [2.24, 2.45) is 10.7 Å². The molecule has 2 amide bonds. The second kappa shape index (κ2) is 9.46. The number of rotatable bonds is 6. The summed E-state index contributed by atoms with van der Waals surface area (Å²) in [6.07, 6.45) is 5.63. The number of hydrogen-bond acceptors (Lipinski definition) is 4. The third kappa shape index (κ3) is 5.67. The highest BCUT2D eigenvalue weighted by Crippen LogP contribution is 2.14. The molecule has 4 N–H and O–H groups in total. The highest BCUT2D eigenvalue weighted by molar-refractivity contribution is 7.11. The number of urea groups is 1. The molecule has 1 aliphatic heterocycles. The molecular formula is C16H28N6OS. The molecule has 0 aromatic carbocycles. The molecule has 134 valence electrons. The van der Waals surface area contributed by atoms with Crippen LogP contribution in [0.15, 0.2) is 11.2 Å². The first kappa shape index (κ1) is 18.5. The van der Waals surface area contributed by atoms with Gasteiger partial charge in [0.1, 0.15) is 0 Å². The van der Waals surface area contributed by atoms with Crippen LogP contribution in [0.3, 0.4) is 0 Å². The average Bonchev–Trinajstić information content (AvgIpc) is 3.03. The Hall–Kier alpha value is -1.83. The molecule has 0 unspecified atom stereocenters. The van der Waals surface area contributed by atoms with Crippen LogP contribution in [-0.4, -0.2) is 54.1 Å². The summed E-state index contributed by atoms with van der Waals surface area (Å²) in [5.41, 5.74) is 5.32. The topological polar surface area (TPSA) is 95.6 Å². The summed E-state index contributed by atoms with van der Waals surface area (Å²) in [7, 11) is 0. The van der Waals surface area contributed by atoms with E-state index in [1.807, 2.05) is 6.20 Å². The Morgan fingerprint density at radius 2 is 2.21 bits per heavy atom. The van der Waals surface area contributed by atoms with Gasteiger partial charge in [0.05, 0.1) is 5.01 Å². The normalized spacial score (nSPS) is 16.2. The van der Waals surface area contributed by atoms with Crippen molar-refractivity contribution in [3.05, 3.63) is 16.1 Å². The fourth-order valence-electron chi connectivity index (χ4n) is 2.65. The molecule has 1 aromatic heterocycles. The summed E-state index contributed by atoms with van der Waals surface area (Å²) in [5, 5.41) is 7.89. The number of nitrogens with zero attached hydrogens (tertiary/aromatic N) is 3. The van der Waals surface area contributed by atoms with Gasteiger partial charge in [-0.3, -0.25) is 4.99 Å². The van der Waals surface area contributed by atoms with Gasteiger partial charge in [0.25, 0.3) is 0 Å². The second-order valence-corrected chi connectivity index (χ2v) is 7.03. The van der Waals surface area contributed by atoms with Crippen LogP contribution in [0.2, 0.25) is 0 Å². The number of piperidine rings is 1. The summed E-state index contributed by atoms with van der Waals surface area (Å²) in [4.78, 5) is 23.3. The number of hydrogen-bond donors (Lipinski definition) is 3. The molecule has 1 saturated heterocycles. The lowest BCUT2D eigenvalue weighted by atomic mass is 10.1. The van der Waals surface area contributed by atoms with Gasteiger partial charge in [-0.2, -0.15) is 0 Å². The van der Waals surface area contributed by atoms with Gasteiger partial charge in [-0.1, -0.05) is 6.92 Å². The molecule has 0 atom stereocenters. The van der Waals surface area contributed by atoms with Gasteiger partial charge in [-0.25, -0.2) is 9.78 Å². The van der Waals surface area contributed by atoms with Crippen molar-refractivity contribution in [1.82, 2.24) is 20.5 Å². The smallest absolute Gasteiger partial charge is 0.314 e. The number of primary amides is 1. The maximum absolute atomic E-state index is 11.2. The standard InChI is InChI=1S/C16H28N6OS/c1-3-13-11-20-14(24-13)5-8-19-16(18-4-2)21-12-6-9-22(10-7-12)15(17)23/h11-12H,3-10H2,1-2H3,(H2,17,23)(H2,18,19,21). The van der Waals surface area contributed by atoms with E-state index in [4.69, 9.17) is 5.73 Å². The number of aliphatic imine (C=N–C) groups is 1. The van der Waals surface area contributed by atoms with Gasteiger partial charge in [-0.15, -0.1) is 11.3 Å². The van der Waals surface area contributed by atoms with Crippen LogP contribution < -0.4 is 16.4 Å². The van der Waals surface area contributed by atoms with Crippen molar-refractivity contribution in [3.8, 4) is 0 Å². The monoisotopic (exact) mass is 352 g/mol. The Kier molecular flexibility index (Phi) is 7.30. The van der Waals surface area contributed by atoms with Gasteiger partial charge in [0, 0.05) is 49.7 Å². The summed E-state index contributed by atoms with van der Waals surface area (Å²) in [6, 6.07) is -0.00567. The highest BCUT2D eigenvalue weighted by atomic mass is 32.1. The minimum absolute atomic E-state index is 0.324. The quantitative estimate of drug-likeness (QED) is 0.532. The van der Waals surface area contributed by atoms with E-state index in [1.165, 1.54) is 4.88 Å². The number of thiazole rings is 1. The Morgan fingerprint density at radius 1 is 1.46 bits per heavy atom. The lowest BCUT2D eigenvalue weighted by Crippen LogP contribution is -2.50. The molecule has 2 rings (SSSR count). The Balaban J connectivity index is 1.81. The van der Waals surface area contributed by atoms with E-state index in [0.29, 0.717) is 25.7 Å². The molecule has 0 aliphatic carbocycles. The van der Waals surface area contributed by atoms with Gasteiger partial charge in [0.2, 0.25) is 0 Å². The van der Waals surface area contributed by atoms with E-state index >= 15 is 0 Å². The van der Waals surface area contributed by atoms with Gasteiger partial charge >= 0.3 is 6.03 Å². The van der Waals surface area contributed by atoms with Crippen molar-refractivity contribution < 1.29 is 4.79 Å². The van der Waals surface area contributed by atoms with Crippen LogP contribution in [0.1, 0.15) is 36.6 Å². The van der Waals surface area contributed by atoms with Crippen molar-refractivity contribution in [2.75, 3.05) is 26.2 Å². The zero-order chi connectivity index (χ0) is 17.4. The Labute approximate surface area is 147 Å². The maximum atomic E-state index is 11.2. The van der Waals surface area contributed by atoms with E-state index in [1.54, 1.807) is 16.2 Å². The molecular weight excluding hydrogens is 324 g/mol. The number of aromatic nitrogens is 1. The lowest BCUT2D eigenvalue weighted by molar-refractivity contribution is 0.188. The number of guanidine groups is 1. The molecule has 2 heterocycles. The third-order valence-electron chi connectivity index (χ3n) is 4.04.